The SMILES string of the molecule is CN=C(NCc1ccc(N(C)C)cc1C)NCC1Cc2ccccc2O1. The molecule has 0 amide bonds. The molecular weight excluding hydrogens is 324 g/mol. The van der Waals surface area contributed by atoms with Crippen molar-refractivity contribution in [2.24, 2.45) is 4.99 Å². The topological polar surface area (TPSA) is 48.9 Å². The van der Waals surface area contributed by atoms with Gasteiger partial charge in [-0.25, -0.2) is 0 Å². The molecule has 1 aliphatic rings. The number of para-hydroxylation sites is 1. The Hall–Kier alpha value is -2.69. The van der Waals surface area contributed by atoms with Crippen LogP contribution in [-0.4, -0.2) is 39.8 Å². The summed E-state index contributed by atoms with van der Waals surface area (Å²) in [6.45, 7) is 3.61. The van der Waals surface area contributed by atoms with Crippen LogP contribution in [-0.2, 0) is 13.0 Å². The second kappa shape index (κ2) is 8.13. The Morgan fingerprint density at radius 1 is 1.19 bits per heavy atom. The van der Waals surface area contributed by atoms with E-state index in [1.54, 1.807) is 7.05 Å². The summed E-state index contributed by atoms with van der Waals surface area (Å²) < 4.78 is 5.97. The summed E-state index contributed by atoms with van der Waals surface area (Å²) in [4.78, 5) is 6.43. The fraction of sp³-hybridized carbons (Fsp3) is 0.381. The molecule has 1 atom stereocenters. The summed E-state index contributed by atoms with van der Waals surface area (Å²) in [5.74, 6) is 1.79. The maximum absolute atomic E-state index is 5.97. The van der Waals surface area contributed by atoms with Gasteiger partial charge in [0.2, 0.25) is 0 Å². The second-order valence-electron chi connectivity index (χ2n) is 6.86. The first-order chi connectivity index (χ1) is 12.6. The molecule has 0 fully saturated rings. The number of aryl methyl sites for hydroxylation is 1. The predicted molar refractivity (Wildman–Crippen MR) is 108 cm³/mol. The van der Waals surface area contributed by atoms with Gasteiger partial charge in [-0.1, -0.05) is 24.3 Å². The van der Waals surface area contributed by atoms with Crippen molar-refractivity contribution in [3.8, 4) is 5.75 Å². The minimum Gasteiger partial charge on any atom is -0.488 e. The molecule has 26 heavy (non-hydrogen) atoms. The fourth-order valence-corrected chi connectivity index (χ4v) is 3.13. The summed E-state index contributed by atoms with van der Waals surface area (Å²) in [6, 6.07) is 14.7. The standard InChI is InChI=1S/C21H28N4O/c1-15-11-18(25(3)4)10-9-17(15)13-23-21(22-2)24-14-19-12-16-7-5-6-8-20(16)26-19/h5-11,19H,12-14H2,1-4H3,(H2,22,23,24). The Morgan fingerprint density at radius 2 is 2.00 bits per heavy atom. The molecule has 5 nitrogen and oxygen atoms in total. The van der Waals surface area contributed by atoms with E-state index < -0.39 is 0 Å². The van der Waals surface area contributed by atoms with Crippen LogP contribution in [0.4, 0.5) is 5.69 Å². The lowest BCUT2D eigenvalue weighted by atomic mass is 10.1. The summed E-state index contributed by atoms with van der Waals surface area (Å²) >= 11 is 0. The van der Waals surface area contributed by atoms with Crippen LogP contribution in [0.1, 0.15) is 16.7 Å². The van der Waals surface area contributed by atoms with Gasteiger partial charge in [0.1, 0.15) is 11.9 Å². The molecule has 3 rings (SSSR count). The Bertz CT molecular complexity index is 760. The zero-order valence-electron chi connectivity index (χ0n) is 16.0. The van der Waals surface area contributed by atoms with E-state index >= 15 is 0 Å². The predicted octanol–water partition coefficient (Wildman–Crippen LogP) is 2.73. The molecule has 1 heterocycles. The van der Waals surface area contributed by atoms with Crippen molar-refractivity contribution in [2.75, 3.05) is 32.6 Å². The number of fused-ring (bicyclic) bond motifs is 1. The largest absolute Gasteiger partial charge is 0.488 e. The lowest BCUT2D eigenvalue weighted by Crippen LogP contribution is -2.42. The average molecular weight is 352 g/mol. The highest BCUT2D eigenvalue weighted by Crippen LogP contribution is 2.27. The molecule has 2 aromatic carbocycles. The number of aliphatic imine (C=N–C) groups is 1. The summed E-state index contributed by atoms with van der Waals surface area (Å²) in [5.41, 5.74) is 5.03. The molecule has 1 unspecified atom stereocenters. The van der Waals surface area contributed by atoms with Crippen LogP contribution >= 0.6 is 0 Å². The first-order valence-corrected chi connectivity index (χ1v) is 9.02. The first kappa shape index (κ1) is 18.1. The van der Waals surface area contributed by atoms with E-state index in [2.05, 4.69) is 71.9 Å². The third-order valence-corrected chi connectivity index (χ3v) is 4.72. The van der Waals surface area contributed by atoms with E-state index in [0.717, 1.165) is 31.2 Å². The van der Waals surface area contributed by atoms with Gasteiger partial charge in [-0.05, 0) is 41.8 Å². The Kier molecular flexibility index (Phi) is 5.66. The molecule has 5 heteroatoms. The fourth-order valence-electron chi connectivity index (χ4n) is 3.13. The number of rotatable bonds is 5. The van der Waals surface area contributed by atoms with E-state index in [9.17, 15) is 0 Å². The quantitative estimate of drug-likeness (QED) is 0.642. The molecular formula is C21H28N4O. The molecule has 2 N–H and O–H groups in total. The highest BCUT2D eigenvalue weighted by Gasteiger charge is 2.22. The van der Waals surface area contributed by atoms with Gasteiger partial charge in [0.15, 0.2) is 5.96 Å². The summed E-state index contributed by atoms with van der Waals surface area (Å²) in [5, 5.41) is 6.76. The zero-order valence-corrected chi connectivity index (χ0v) is 16.0. The van der Waals surface area contributed by atoms with Gasteiger partial charge >= 0.3 is 0 Å². The molecule has 0 aliphatic carbocycles. The smallest absolute Gasteiger partial charge is 0.191 e. The van der Waals surface area contributed by atoms with E-state index in [1.807, 2.05) is 12.1 Å². The van der Waals surface area contributed by atoms with Crippen molar-refractivity contribution in [3.05, 3.63) is 59.2 Å². The van der Waals surface area contributed by atoms with Crippen molar-refractivity contribution in [2.45, 2.75) is 26.0 Å². The van der Waals surface area contributed by atoms with Crippen LogP contribution in [0.15, 0.2) is 47.5 Å². The number of nitrogens with one attached hydrogen (secondary N) is 2. The monoisotopic (exact) mass is 352 g/mol. The zero-order chi connectivity index (χ0) is 18.5. The molecule has 138 valence electrons. The van der Waals surface area contributed by atoms with Crippen molar-refractivity contribution in [1.82, 2.24) is 10.6 Å². The Morgan fingerprint density at radius 3 is 2.69 bits per heavy atom. The van der Waals surface area contributed by atoms with Gasteiger partial charge in [-0.15, -0.1) is 0 Å². The van der Waals surface area contributed by atoms with E-state index in [0.29, 0.717) is 0 Å². The van der Waals surface area contributed by atoms with Crippen molar-refractivity contribution in [1.29, 1.82) is 0 Å². The molecule has 0 saturated heterocycles. The molecule has 0 spiro atoms. The van der Waals surface area contributed by atoms with Crippen LogP contribution < -0.4 is 20.3 Å². The molecule has 2 aromatic rings. The second-order valence-corrected chi connectivity index (χ2v) is 6.86. The Balaban J connectivity index is 1.50. The number of anilines is 1. The van der Waals surface area contributed by atoms with E-state index in [4.69, 9.17) is 4.74 Å². The van der Waals surface area contributed by atoms with Crippen molar-refractivity contribution < 1.29 is 4.74 Å². The maximum atomic E-state index is 5.97. The van der Waals surface area contributed by atoms with Gasteiger partial charge in [-0.3, -0.25) is 4.99 Å². The number of hydrogen-bond donors (Lipinski definition) is 2. The lowest BCUT2D eigenvalue weighted by molar-refractivity contribution is 0.235. The first-order valence-electron chi connectivity index (χ1n) is 9.02. The number of nitrogens with zero attached hydrogens (tertiary/aromatic N) is 2. The van der Waals surface area contributed by atoms with Gasteiger partial charge in [0.05, 0.1) is 6.54 Å². The van der Waals surface area contributed by atoms with E-state index in [-0.39, 0.29) is 6.10 Å². The molecule has 0 aromatic heterocycles. The van der Waals surface area contributed by atoms with Gasteiger partial charge in [0.25, 0.3) is 0 Å². The molecule has 0 bridgehead atoms. The number of guanidine groups is 1. The molecule has 0 radical (unpaired) electrons. The highest BCUT2D eigenvalue weighted by molar-refractivity contribution is 5.79. The highest BCUT2D eigenvalue weighted by atomic mass is 16.5. The number of benzene rings is 2. The minimum atomic E-state index is 0.145. The lowest BCUT2D eigenvalue weighted by Gasteiger charge is -2.18. The average Bonchev–Trinajstić information content (AvgIpc) is 3.05. The Labute approximate surface area is 156 Å². The van der Waals surface area contributed by atoms with Crippen LogP contribution in [0.2, 0.25) is 0 Å². The van der Waals surface area contributed by atoms with Gasteiger partial charge in [-0.2, -0.15) is 0 Å². The third-order valence-electron chi connectivity index (χ3n) is 4.72. The van der Waals surface area contributed by atoms with Gasteiger partial charge < -0.3 is 20.3 Å². The van der Waals surface area contributed by atoms with Crippen molar-refractivity contribution in [3.63, 3.8) is 0 Å². The van der Waals surface area contributed by atoms with Crippen molar-refractivity contribution >= 4 is 11.6 Å². The van der Waals surface area contributed by atoms with Crippen LogP contribution in [0.25, 0.3) is 0 Å². The third kappa shape index (κ3) is 4.28. The summed E-state index contributed by atoms with van der Waals surface area (Å²) in [7, 11) is 5.91. The molecule has 1 aliphatic heterocycles. The van der Waals surface area contributed by atoms with Crippen LogP contribution in [0, 0.1) is 6.92 Å². The minimum absolute atomic E-state index is 0.145. The summed E-state index contributed by atoms with van der Waals surface area (Å²) in [6.07, 6.45) is 1.08. The number of ether oxygens (including phenoxy) is 1. The normalized spacial score (nSPS) is 16.0. The molecule has 0 saturated carbocycles. The van der Waals surface area contributed by atoms with Crippen LogP contribution in [0.3, 0.4) is 0 Å². The number of hydrogen-bond acceptors (Lipinski definition) is 3. The maximum Gasteiger partial charge on any atom is 0.191 e. The van der Waals surface area contributed by atoms with Gasteiger partial charge in [0, 0.05) is 39.8 Å². The van der Waals surface area contributed by atoms with E-state index in [1.165, 1.54) is 22.4 Å². The van der Waals surface area contributed by atoms with Crippen LogP contribution in [0.5, 0.6) is 5.75 Å².